The Balaban J connectivity index is 1.77. The zero-order valence-electron chi connectivity index (χ0n) is 16.6. The van der Waals surface area contributed by atoms with Gasteiger partial charge in [0.25, 0.3) is 11.6 Å². The SMILES string of the molecule is Cc1ccc([N+](=O)[O-])cc1NC(=O)COC(=O)C(O)(c1ccccc1)c1ccccc1. The number of nitro benzene ring substituents is 1. The largest absolute Gasteiger partial charge is 0.453 e. The van der Waals surface area contributed by atoms with Gasteiger partial charge >= 0.3 is 5.97 Å². The van der Waals surface area contributed by atoms with Crippen LogP contribution in [-0.2, 0) is 19.9 Å². The number of aryl methyl sites for hydroxylation is 1. The summed E-state index contributed by atoms with van der Waals surface area (Å²) >= 11 is 0. The first-order valence-corrected chi connectivity index (χ1v) is 9.38. The molecular formula is C23H20N2O6. The van der Waals surface area contributed by atoms with E-state index in [0.717, 1.165) is 0 Å². The molecule has 0 saturated carbocycles. The molecule has 1 amide bonds. The number of carbonyl (C=O) groups excluding carboxylic acids is 2. The molecule has 0 aliphatic heterocycles. The van der Waals surface area contributed by atoms with E-state index in [0.29, 0.717) is 16.7 Å². The fourth-order valence-corrected chi connectivity index (χ4v) is 3.04. The third-order valence-corrected chi connectivity index (χ3v) is 4.72. The number of nitro groups is 1. The van der Waals surface area contributed by atoms with E-state index in [4.69, 9.17) is 4.74 Å². The zero-order chi connectivity index (χ0) is 22.4. The third-order valence-electron chi connectivity index (χ3n) is 4.72. The van der Waals surface area contributed by atoms with Crippen molar-refractivity contribution in [2.75, 3.05) is 11.9 Å². The van der Waals surface area contributed by atoms with Gasteiger partial charge in [-0.2, -0.15) is 0 Å². The second kappa shape index (κ2) is 9.19. The highest BCUT2D eigenvalue weighted by Crippen LogP contribution is 2.31. The number of ether oxygens (including phenoxy) is 1. The first-order chi connectivity index (χ1) is 14.8. The highest BCUT2D eigenvalue weighted by atomic mass is 16.6. The van der Waals surface area contributed by atoms with Gasteiger partial charge < -0.3 is 15.2 Å². The van der Waals surface area contributed by atoms with Crippen molar-refractivity contribution >= 4 is 23.3 Å². The molecule has 0 radical (unpaired) electrons. The Kier molecular flexibility index (Phi) is 6.42. The molecule has 0 aliphatic carbocycles. The Hall–Kier alpha value is -4.04. The van der Waals surface area contributed by atoms with Crippen LogP contribution in [0.2, 0.25) is 0 Å². The molecule has 8 nitrogen and oxygen atoms in total. The number of carbonyl (C=O) groups is 2. The van der Waals surface area contributed by atoms with Gasteiger partial charge in [-0.05, 0) is 23.6 Å². The average Bonchev–Trinajstić information content (AvgIpc) is 2.79. The second-order valence-electron chi connectivity index (χ2n) is 6.82. The van der Waals surface area contributed by atoms with Gasteiger partial charge in [0.15, 0.2) is 6.61 Å². The standard InChI is InChI=1S/C23H20N2O6/c1-16-12-13-19(25(29)30)14-20(16)24-21(26)15-31-22(27)23(28,17-8-4-2-5-9-17)18-10-6-3-7-11-18/h2-14,28H,15H2,1H3,(H,24,26). The molecule has 0 aliphatic rings. The minimum Gasteiger partial charge on any atom is -0.453 e. The van der Waals surface area contributed by atoms with Crippen LogP contribution in [0.5, 0.6) is 0 Å². The van der Waals surface area contributed by atoms with Crippen molar-refractivity contribution in [3.8, 4) is 0 Å². The Morgan fingerprint density at radius 1 is 1.00 bits per heavy atom. The van der Waals surface area contributed by atoms with Crippen LogP contribution in [0.15, 0.2) is 78.9 Å². The molecule has 0 fully saturated rings. The van der Waals surface area contributed by atoms with Crippen LogP contribution in [0.4, 0.5) is 11.4 Å². The van der Waals surface area contributed by atoms with Crippen LogP contribution in [0.1, 0.15) is 16.7 Å². The minimum absolute atomic E-state index is 0.180. The van der Waals surface area contributed by atoms with Crippen molar-refractivity contribution in [2.45, 2.75) is 12.5 Å². The predicted octanol–water partition coefficient (Wildman–Crippen LogP) is 3.32. The summed E-state index contributed by atoms with van der Waals surface area (Å²) in [5, 5.41) is 24.7. The van der Waals surface area contributed by atoms with Crippen LogP contribution in [0, 0.1) is 17.0 Å². The third kappa shape index (κ3) is 4.76. The summed E-state index contributed by atoms with van der Waals surface area (Å²) in [6.45, 7) is 0.998. The molecule has 0 spiro atoms. The van der Waals surface area contributed by atoms with E-state index >= 15 is 0 Å². The molecule has 3 rings (SSSR count). The van der Waals surface area contributed by atoms with E-state index in [1.165, 1.54) is 18.2 Å². The Labute approximate surface area is 178 Å². The number of nitrogens with one attached hydrogen (secondary N) is 1. The fraction of sp³-hybridized carbons (Fsp3) is 0.130. The summed E-state index contributed by atoms with van der Waals surface area (Å²) in [6, 6.07) is 20.6. The van der Waals surface area contributed by atoms with E-state index in [1.54, 1.807) is 67.6 Å². The lowest BCUT2D eigenvalue weighted by atomic mass is 9.86. The topological polar surface area (TPSA) is 119 Å². The molecule has 2 N–H and O–H groups in total. The molecule has 0 bridgehead atoms. The number of nitrogens with zero attached hydrogens (tertiary/aromatic N) is 1. The van der Waals surface area contributed by atoms with E-state index in [1.807, 2.05) is 0 Å². The van der Waals surface area contributed by atoms with Gasteiger partial charge in [0, 0.05) is 12.1 Å². The Morgan fingerprint density at radius 3 is 2.06 bits per heavy atom. The molecule has 8 heteroatoms. The van der Waals surface area contributed by atoms with Crippen LogP contribution >= 0.6 is 0 Å². The summed E-state index contributed by atoms with van der Waals surface area (Å²) in [6.07, 6.45) is 0. The summed E-state index contributed by atoms with van der Waals surface area (Å²) in [7, 11) is 0. The van der Waals surface area contributed by atoms with Gasteiger partial charge in [0.1, 0.15) is 0 Å². The van der Waals surface area contributed by atoms with E-state index in [2.05, 4.69) is 5.32 Å². The van der Waals surface area contributed by atoms with Gasteiger partial charge in [-0.1, -0.05) is 66.7 Å². The van der Waals surface area contributed by atoms with E-state index in [9.17, 15) is 24.8 Å². The monoisotopic (exact) mass is 420 g/mol. The van der Waals surface area contributed by atoms with Crippen molar-refractivity contribution in [1.29, 1.82) is 0 Å². The summed E-state index contributed by atoms with van der Waals surface area (Å²) in [5.74, 6) is -1.71. The van der Waals surface area contributed by atoms with Gasteiger partial charge in [-0.15, -0.1) is 0 Å². The lowest BCUT2D eigenvalue weighted by Gasteiger charge is -2.27. The summed E-state index contributed by atoms with van der Waals surface area (Å²) in [5.41, 5.74) is -0.862. The predicted molar refractivity (Wildman–Crippen MR) is 113 cm³/mol. The van der Waals surface area contributed by atoms with Crippen molar-refractivity contribution in [1.82, 2.24) is 0 Å². The maximum Gasteiger partial charge on any atom is 0.348 e. The number of rotatable bonds is 7. The first kappa shape index (κ1) is 21.7. The lowest BCUT2D eigenvalue weighted by molar-refractivity contribution is -0.384. The Bertz CT molecular complexity index is 1060. The molecular weight excluding hydrogens is 400 g/mol. The number of benzene rings is 3. The average molecular weight is 420 g/mol. The molecule has 31 heavy (non-hydrogen) atoms. The number of non-ortho nitro benzene ring substituents is 1. The van der Waals surface area contributed by atoms with Gasteiger partial charge in [0.05, 0.1) is 10.6 Å². The summed E-state index contributed by atoms with van der Waals surface area (Å²) < 4.78 is 5.13. The van der Waals surface area contributed by atoms with E-state index in [-0.39, 0.29) is 11.4 Å². The van der Waals surface area contributed by atoms with Gasteiger partial charge in [-0.3, -0.25) is 14.9 Å². The number of anilines is 1. The number of hydrogen-bond acceptors (Lipinski definition) is 6. The van der Waals surface area contributed by atoms with Crippen molar-refractivity contribution in [3.05, 3.63) is 106 Å². The van der Waals surface area contributed by atoms with Crippen LogP contribution in [0.25, 0.3) is 0 Å². The smallest absolute Gasteiger partial charge is 0.348 e. The van der Waals surface area contributed by atoms with Gasteiger partial charge in [0.2, 0.25) is 5.60 Å². The zero-order valence-corrected chi connectivity index (χ0v) is 16.6. The molecule has 0 heterocycles. The van der Waals surface area contributed by atoms with Crippen molar-refractivity contribution in [2.24, 2.45) is 0 Å². The van der Waals surface area contributed by atoms with E-state index < -0.39 is 29.0 Å². The molecule has 3 aromatic carbocycles. The first-order valence-electron chi connectivity index (χ1n) is 9.38. The van der Waals surface area contributed by atoms with Crippen LogP contribution in [-0.4, -0.2) is 28.5 Å². The molecule has 158 valence electrons. The second-order valence-corrected chi connectivity index (χ2v) is 6.82. The molecule has 0 aromatic heterocycles. The lowest BCUT2D eigenvalue weighted by Crippen LogP contribution is -2.39. The molecule has 3 aromatic rings. The fourth-order valence-electron chi connectivity index (χ4n) is 3.04. The highest BCUT2D eigenvalue weighted by Gasteiger charge is 2.41. The Morgan fingerprint density at radius 2 is 1.55 bits per heavy atom. The van der Waals surface area contributed by atoms with Crippen LogP contribution < -0.4 is 5.32 Å². The number of aliphatic hydroxyl groups is 1. The maximum atomic E-state index is 12.9. The highest BCUT2D eigenvalue weighted by molar-refractivity contribution is 5.95. The molecule has 0 saturated heterocycles. The number of hydrogen-bond donors (Lipinski definition) is 2. The van der Waals surface area contributed by atoms with Gasteiger partial charge in [-0.25, -0.2) is 4.79 Å². The quantitative estimate of drug-likeness (QED) is 0.344. The van der Waals surface area contributed by atoms with Crippen molar-refractivity contribution < 1.29 is 24.4 Å². The number of esters is 1. The summed E-state index contributed by atoms with van der Waals surface area (Å²) in [4.78, 5) is 35.6. The normalized spacial score (nSPS) is 10.9. The molecule has 0 unspecified atom stereocenters. The minimum atomic E-state index is -2.11. The maximum absolute atomic E-state index is 12.9. The van der Waals surface area contributed by atoms with Crippen LogP contribution in [0.3, 0.4) is 0 Å². The van der Waals surface area contributed by atoms with Crippen molar-refractivity contribution in [3.63, 3.8) is 0 Å². The molecule has 0 atom stereocenters. The number of amides is 1.